The lowest BCUT2D eigenvalue weighted by atomic mass is 10.1. The molecule has 114 valence electrons. The Balaban J connectivity index is 1.63. The molecule has 1 aromatic carbocycles. The Bertz CT molecular complexity index is 521. The van der Waals surface area contributed by atoms with E-state index >= 15 is 0 Å². The van der Waals surface area contributed by atoms with Crippen molar-refractivity contribution < 1.29 is 14.3 Å². The van der Waals surface area contributed by atoms with E-state index in [0.29, 0.717) is 31.0 Å². The second-order valence-electron chi connectivity index (χ2n) is 5.15. The van der Waals surface area contributed by atoms with Crippen LogP contribution < -0.4 is 5.32 Å². The van der Waals surface area contributed by atoms with Crippen molar-refractivity contribution in [2.75, 3.05) is 20.1 Å². The molecule has 0 saturated carbocycles. The number of hydrogen-bond acceptors (Lipinski definition) is 3. The molecule has 1 aliphatic rings. The van der Waals surface area contributed by atoms with Crippen LogP contribution in [0, 0.1) is 0 Å². The molecule has 2 amide bonds. The summed E-state index contributed by atoms with van der Waals surface area (Å²) in [6, 6.07) is 7.58. The molecular weight excluding hydrogens is 292 g/mol. The van der Waals surface area contributed by atoms with Gasteiger partial charge in [-0.3, -0.25) is 4.79 Å². The minimum atomic E-state index is -0.318. The van der Waals surface area contributed by atoms with Crippen molar-refractivity contribution in [2.24, 2.45) is 0 Å². The van der Waals surface area contributed by atoms with Gasteiger partial charge in [0.2, 0.25) is 5.91 Å². The number of nitrogens with zero attached hydrogens (tertiary/aromatic N) is 1. The van der Waals surface area contributed by atoms with E-state index in [2.05, 4.69) is 5.32 Å². The number of hydrogen-bond donors (Lipinski definition) is 1. The number of amides is 2. The first kappa shape index (κ1) is 15.6. The number of nitrogens with one attached hydrogen (secondary N) is 1. The molecule has 1 N–H and O–H groups in total. The van der Waals surface area contributed by atoms with Crippen molar-refractivity contribution in [1.82, 2.24) is 10.2 Å². The average Bonchev–Trinajstić information content (AvgIpc) is 2.76. The second-order valence-corrected chi connectivity index (χ2v) is 5.59. The van der Waals surface area contributed by atoms with Crippen LogP contribution in [0.15, 0.2) is 24.3 Å². The fourth-order valence-corrected chi connectivity index (χ4v) is 2.43. The summed E-state index contributed by atoms with van der Waals surface area (Å²) in [4.78, 5) is 24.4. The number of carbonyl (C=O) groups excluding carboxylic acids is 2. The van der Waals surface area contributed by atoms with Gasteiger partial charge in [-0.2, -0.15) is 0 Å². The molecule has 21 heavy (non-hydrogen) atoms. The standard InChI is InChI=1S/C15H19ClN2O3/c1-18-10-13(21-15(18)20)5-6-14(19)17-8-7-11-3-2-4-12(16)9-11/h2-4,9,13H,5-8,10H2,1H3,(H,17,19). The number of rotatable bonds is 6. The number of likely N-dealkylation sites (N-methyl/N-ethyl adjacent to an activating group) is 1. The average molecular weight is 311 g/mol. The van der Waals surface area contributed by atoms with Gasteiger partial charge in [0.25, 0.3) is 0 Å². The summed E-state index contributed by atoms with van der Waals surface area (Å²) in [5.74, 6) is -0.0253. The highest BCUT2D eigenvalue weighted by atomic mass is 35.5. The zero-order chi connectivity index (χ0) is 15.2. The molecular formula is C15H19ClN2O3. The zero-order valence-corrected chi connectivity index (χ0v) is 12.7. The van der Waals surface area contributed by atoms with Crippen molar-refractivity contribution >= 4 is 23.6 Å². The first-order valence-electron chi connectivity index (χ1n) is 6.97. The quantitative estimate of drug-likeness (QED) is 0.876. The van der Waals surface area contributed by atoms with Gasteiger partial charge >= 0.3 is 6.09 Å². The largest absolute Gasteiger partial charge is 0.444 e. The molecule has 0 radical (unpaired) electrons. The molecule has 0 bridgehead atoms. The molecule has 2 rings (SSSR count). The second kappa shape index (κ2) is 7.31. The van der Waals surface area contributed by atoms with Gasteiger partial charge in [-0.15, -0.1) is 0 Å². The Morgan fingerprint density at radius 1 is 1.52 bits per heavy atom. The van der Waals surface area contributed by atoms with Crippen LogP contribution in [0.5, 0.6) is 0 Å². The molecule has 1 fully saturated rings. The number of halogens is 1. The summed E-state index contributed by atoms with van der Waals surface area (Å²) in [6.45, 7) is 1.12. The highest BCUT2D eigenvalue weighted by Gasteiger charge is 2.28. The number of ether oxygens (including phenoxy) is 1. The molecule has 1 aliphatic heterocycles. The SMILES string of the molecule is CN1CC(CCC(=O)NCCc2cccc(Cl)c2)OC1=O. The maximum Gasteiger partial charge on any atom is 0.409 e. The van der Waals surface area contributed by atoms with E-state index < -0.39 is 0 Å². The molecule has 1 aromatic rings. The fourth-order valence-electron chi connectivity index (χ4n) is 2.22. The van der Waals surface area contributed by atoms with Gasteiger partial charge in [-0.25, -0.2) is 4.79 Å². The number of benzene rings is 1. The van der Waals surface area contributed by atoms with E-state index in [4.69, 9.17) is 16.3 Å². The van der Waals surface area contributed by atoms with E-state index in [1.54, 1.807) is 7.05 Å². The van der Waals surface area contributed by atoms with Crippen molar-refractivity contribution in [3.05, 3.63) is 34.9 Å². The van der Waals surface area contributed by atoms with Crippen LogP contribution in [0.25, 0.3) is 0 Å². The smallest absolute Gasteiger partial charge is 0.409 e. The molecule has 6 heteroatoms. The minimum absolute atomic E-state index is 0.0253. The van der Waals surface area contributed by atoms with Crippen LogP contribution >= 0.6 is 11.6 Å². The van der Waals surface area contributed by atoms with Crippen molar-refractivity contribution in [3.63, 3.8) is 0 Å². The van der Waals surface area contributed by atoms with Gasteiger partial charge in [0.05, 0.1) is 6.54 Å². The van der Waals surface area contributed by atoms with Gasteiger partial charge in [0, 0.05) is 25.0 Å². The van der Waals surface area contributed by atoms with Crippen LogP contribution in [-0.4, -0.2) is 43.1 Å². The lowest BCUT2D eigenvalue weighted by molar-refractivity contribution is -0.121. The third kappa shape index (κ3) is 4.93. The summed E-state index contributed by atoms with van der Waals surface area (Å²) >= 11 is 5.90. The van der Waals surface area contributed by atoms with Gasteiger partial charge < -0.3 is 15.0 Å². The van der Waals surface area contributed by atoms with E-state index in [-0.39, 0.29) is 18.1 Å². The van der Waals surface area contributed by atoms with Gasteiger partial charge in [-0.1, -0.05) is 23.7 Å². The zero-order valence-electron chi connectivity index (χ0n) is 12.0. The van der Waals surface area contributed by atoms with Crippen molar-refractivity contribution in [1.29, 1.82) is 0 Å². The summed E-state index contributed by atoms with van der Waals surface area (Å²) < 4.78 is 5.10. The summed E-state index contributed by atoms with van der Waals surface area (Å²) in [5.41, 5.74) is 1.09. The fraction of sp³-hybridized carbons (Fsp3) is 0.467. The minimum Gasteiger partial charge on any atom is -0.444 e. The van der Waals surface area contributed by atoms with Crippen molar-refractivity contribution in [2.45, 2.75) is 25.4 Å². The molecule has 0 aliphatic carbocycles. The van der Waals surface area contributed by atoms with Crippen LogP contribution in [0.4, 0.5) is 4.79 Å². The Morgan fingerprint density at radius 2 is 2.33 bits per heavy atom. The third-order valence-electron chi connectivity index (χ3n) is 3.37. The van der Waals surface area contributed by atoms with E-state index in [9.17, 15) is 9.59 Å². The van der Waals surface area contributed by atoms with Gasteiger partial charge in [0.15, 0.2) is 0 Å². The Labute approximate surface area is 129 Å². The van der Waals surface area contributed by atoms with E-state index in [1.807, 2.05) is 24.3 Å². The predicted octanol–water partition coefficient (Wildman–Crippen LogP) is 2.23. The predicted molar refractivity (Wildman–Crippen MR) is 80.3 cm³/mol. The number of carbonyl (C=O) groups is 2. The van der Waals surface area contributed by atoms with Crippen LogP contribution in [0.3, 0.4) is 0 Å². The summed E-state index contributed by atoms with van der Waals surface area (Å²) in [6.07, 6.45) is 1.16. The van der Waals surface area contributed by atoms with Gasteiger partial charge in [-0.05, 0) is 30.5 Å². The van der Waals surface area contributed by atoms with Crippen molar-refractivity contribution in [3.8, 4) is 0 Å². The third-order valence-corrected chi connectivity index (χ3v) is 3.61. The van der Waals surface area contributed by atoms with Crippen LogP contribution in [0.2, 0.25) is 5.02 Å². The molecule has 5 nitrogen and oxygen atoms in total. The lowest BCUT2D eigenvalue weighted by Crippen LogP contribution is -2.27. The van der Waals surface area contributed by atoms with E-state index in [1.165, 1.54) is 4.90 Å². The Morgan fingerprint density at radius 3 is 3.00 bits per heavy atom. The van der Waals surface area contributed by atoms with Crippen LogP contribution in [0.1, 0.15) is 18.4 Å². The molecule has 1 heterocycles. The topological polar surface area (TPSA) is 58.6 Å². The van der Waals surface area contributed by atoms with E-state index in [0.717, 1.165) is 12.0 Å². The molecule has 0 spiro atoms. The Kier molecular flexibility index (Phi) is 5.44. The molecule has 1 saturated heterocycles. The summed E-state index contributed by atoms with van der Waals surface area (Å²) in [7, 11) is 1.69. The molecule has 1 unspecified atom stereocenters. The monoisotopic (exact) mass is 310 g/mol. The number of cyclic esters (lactones) is 1. The molecule has 1 atom stereocenters. The highest BCUT2D eigenvalue weighted by molar-refractivity contribution is 6.30. The summed E-state index contributed by atoms with van der Waals surface area (Å²) in [5, 5.41) is 3.56. The maximum atomic E-state index is 11.7. The molecule has 0 aromatic heterocycles. The van der Waals surface area contributed by atoms with Crippen LogP contribution in [-0.2, 0) is 16.0 Å². The highest BCUT2D eigenvalue weighted by Crippen LogP contribution is 2.13. The van der Waals surface area contributed by atoms with Gasteiger partial charge in [0.1, 0.15) is 6.10 Å². The Hall–Kier alpha value is -1.75. The normalized spacial score (nSPS) is 17.7. The first-order valence-corrected chi connectivity index (χ1v) is 7.35. The first-order chi connectivity index (χ1) is 10.0. The lowest BCUT2D eigenvalue weighted by Gasteiger charge is -2.08. The maximum absolute atomic E-state index is 11.7.